The first-order valence-corrected chi connectivity index (χ1v) is 7.59. The summed E-state index contributed by atoms with van der Waals surface area (Å²) in [6.45, 7) is 12.0. The zero-order valence-electron chi connectivity index (χ0n) is 13.7. The molecule has 5 nitrogen and oxygen atoms in total. The minimum absolute atomic E-state index is 0.193. The number of nitrogens with zero attached hydrogens (tertiary/aromatic N) is 1. The summed E-state index contributed by atoms with van der Waals surface area (Å²) >= 11 is 0. The van der Waals surface area contributed by atoms with Gasteiger partial charge in [0.2, 0.25) is 11.8 Å². The molecule has 3 amide bonds. The monoisotopic (exact) mass is 304 g/mol. The van der Waals surface area contributed by atoms with E-state index in [1.807, 2.05) is 33.8 Å². The molecule has 2 aliphatic heterocycles. The molecule has 1 atom stereocenters. The third-order valence-corrected chi connectivity index (χ3v) is 3.43. The molecule has 0 spiro atoms. The highest BCUT2D eigenvalue weighted by Gasteiger charge is 2.38. The quantitative estimate of drug-likeness (QED) is 0.812. The summed E-state index contributed by atoms with van der Waals surface area (Å²) in [7, 11) is 0. The Kier molecular flexibility index (Phi) is 6.28. The first-order chi connectivity index (χ1) is 10.4. The van der Waals surface area contributed by atoms with Crippen LogP contribution in [0, 0.1) is 0 Å². The van der Waals surface area contributed by atoms with Gasteiger partial charge in [0.25, 0.3) is 5.91 Å². The summed E-state index contributed by atoms with van der Waals surface area (Å²) in [4.78, 5) is 36.9. The van der Waals surface area contributed by atoms with Crippen molar-refractivity contribution in [3.05, 3.63) is 35.5 Å². The number of carbonyl (C=O) groups excluding carboxylic acids is 3. The molecular weight excluding hydrogens is 280 g/mol. The normalized spacial score (nSPS) is 21.2. The van der Waals surface area contributed by atoms with E-state index in [4.69, 9.17) is 0 Å². The zero-order valence-corrected chi connectivity index (χ0v) is 13.7. The summed E-state index contributed by atoms with van der Waals surface area (Å²) in [6, 6.07) is -0.571. The van der Waals surface area contributed by atoms with Gasteiger partial charge >= 0.3 is 0 Å². The summed E-state index contributed by atoms with van der Waals surface area (Å²) in [5.41, 5.74) is 2.49. The number of rotatable bonds is 3. The second-order valence-electron chi connectivity index (χ2n) is 5.26. The van der Waals surface area contributed by atoms with Gasteiger partial charge in [-0.3, -0.25) is 19.7 Å². The van der Waals surface area contributed by atoms with Gasteiger partial charge in [-0.25, -0.2) is 0 Å². The van der Waals surface area contributed by atoms with Crippen LogP contribution in [0.15, 0.2) is 35.5 Å². The van der Waals surface area contributed by atoms with Crippen molar-refractivity contribution in [2.75, 3.05) is 6.54 Å². The van der Waals surface area contributed by atoms with Crippen molar-refractivity contribution in [1.82, 2.24) is 10.2 Å². The van der Waals surface area contributed by atoms with Crippen molar-refractivity contribution in [1.29, 1.82) is 0 Å². The molecule has 2 rings (SSSR count). The van der Waals surface area contributed by atoms with E-state index in [1.54, 1.807) is 0 Å². The number of amides is 3. The Labute approximate surface area is 131 Å². The average Bonchev–Trinajstić information content (AvgIpc) is 2.76. The highest BCUT2D eigenvalue weighted by atomic mass is 16.2. The standard InChI is InChI=1S/C15H18N2O3.C2H6/c1-4-11-10(7-9(2)3)8-17(15(11)20)12-5-6-13(18)16-14(12)19;1-2/h4,7,12H,1,5-6,8H2,2-3H3,(H,16,18,19);1-2H3. The number of allylic oxidation sites excluding steroid dienone is 1. The van der Waals surface area contributed by atoms with Crippen LogP contribution in [-0.4, -0.2) is 35.2 Å². The minimum atomic E-state index is -0.571. The molecule has 0 aliphatic carbocycles. The van der Waals surface area contributed by atoms with Crippen molar-refractivity contribution in [3.8, 4) is 0 Å². The van der Waals surface area contributed by atoms with Crippen LogP contribution in [0.25, 0.3) is 0 Å². The third-order valence-electron chi connectivity index (χ3n) is 3.43. The van der Waals surface area contributed by atoms with Crippen molar-refractivity contribution < 1.29 is 14.4 Å². The smallest absolute Gasteiger partial charge is 0.255 e. The van der Waals surface area contributed by atoms with E-state index >= 15 is 0 Å². The summed E-state index contributed by atoms with van der Waals surface area (Å²) in [5.74, 6) is -0.863. The van der Waals surface area contributed by atoms with E-state index in [0.29, 0.717) is 18.5 Å². The Morgan fingerprint density at radius 2 is 1.91 bits per heavy atom. The van der Waals surface area contributed by atoms with Gasteiger partial charge in [-0.15, -0.1) is 0 Å². The molecule has 120 valence electrons. The van der Waals surface area contributed by atoms with Crippen molar-refractivity contribution in [2.45, 2.75) is 46.6 Å². The lowest BCUT2D eigenvalue weighted by atomic mass is 10.0. The van der Waals surface area contributed by atoms with Crippen LogP contribution >= 0.6 is 0 Å². The van der Waals surface area contributed by atoms with Crippen molar-refractivity contribution in [3.63, 3.8) is 0 Å². The SMILES string of the molecule is C=CC1=C(C=C(C)C)CN(C2CCC(=O)NC2=O)C1=O.CC. The maximum absolute atomic E-state index is 12.4. The average molecular weight is 304 g/mol. The molecule has 5 heteroatoms. The summed E-state index contributed by atoms with van der Waals surface area (Å²) in [6.07, 6.45) is 4.11. The molecule has 1 fully saturated rings. The third kappa shape index (κ3) is 3.72. The Balaban J connectivity index is 0.00000116. The van der Waals surface area contributed by atoms with Gasteiger partial charge in [0.1, 0.15) is 6.04 Å². The van der Waals surface area contributed by atoms with Gasteiger partial charge in [0.15, 0.2) is 0 Å². The second kappa shape index (κ2) is 7.73. The first kappa shape index (κ1) is 17.9. The molecule has 0 aromatic carbocycles. The molecule has 1 N–H and O–H groups in total. The number of carbonyl (C=O) groups is 3. The van der Waals surface area contributed by atoms with Crippen LogP contribution < -0.4 is 5.32 Å². The van der Waals surface area contributed by atoms with E-state index in [-0.39, 0.29) is 18.2 Å². The van der Waals surface area contributed by atoms with Crippen molar-refractivity contribution >= 4 is 17.7 Å². The molecule has 1 saturated heterocycles. The first-order valence-electron chi connectivity index (χ1n) is 7.59. The fourth-order valence-electron chi connectivity index (χ4n) is 2.55. The number of piperidine rings is 1. The Hall–Kier alpha value is -2.17. The molecular formula is C17H24N2O3. The molecule has 2 heterocycles. The minimum Gasteiger partial charge on any atom is -0.322 e. The lowest BCUT2D eigenvalue weighted by Crippen LogP contribution is -2.53. The molecule has 0 aromatic heterocycles. The largest absolute Gasteiger partial charge is 0.322 e. The number of nitrogens with one attached hydrogen (secondary N) is 1. The van der Waals surface area contributed by atoms with Crippen LogP contribution in [0.5, 0.6) is 0 Å². The van der Waals surface area contributed by atoms with Crippen LogP contribution in [0.4, 0.5) is 0 Å². The summed E-state index contributed by atoms with van der Waals surface area (Å²) in [5, 5.41) is 2.28. The van der Waals surface area contributed by atoms with Gasteiger partial charge in [0, 0.05) is 18.5 Å². The number of hydrogen-bond acceptors (Lipinski definition) is 3. The molecule has 1 unspecified atom stereocenters. The Bertz CT molecular complexity index is 554. The zero-order chi connectivity index (χ0) is 16.9. The van der Waals surface area contributed by atoms with Crippen LogP contribution in [0.3, 0.4) is 0 Å². The molecule has 22 heavy (non-hydrogen) atoms. The van der Waals surface area contributed by atoms with E-state index in [9.17, 15) is 14.4 Å². The van der Waals surface area contributed by atoms with E-state index in [2.05, 4.69) is 11.9 Å². The summed E-state index contributed by atoms with van der Waals surface area (Å²) < 4.78 is 0. The Morgan fingerprint density at radius 1 is 1.27 bits per heavy atom. The van der Waals surface area contributed by atoms with Gasteiger partial charge < -0.3 is 4.90 Å². The predicted molar refractivity (Wildman–Crippen MR) is 85.9 cm³/mol. The van der Waals surface area contributed by atoms with Crippen LogP contribution in [0.1, 0.15) is 40.5 Å². The van der Waals surface area contributed by atoms with Gasteiger partial charge in [-0.1, -0.05) is 38.2 Å². The highest BCUT2D eigenvalue weighted by molar-refractivity contribution is 6.06. The highest BCUT2D eigenvalue weighted by Crippen LogP contribution is 2.26. The lowest BCUT2D eigenvalue weighted by molar-refractivity contribution is -0.142. The lowest BCUT2D eigenvalue weighted by Gasteiger charge is -2.29. The molecule has 0 bridgehead atoms. The topological polar surface area (TPSA) is 66.5 Å². The predicted octanol–water partition coefficient (Wildman–Crippen LogP) is 2.11. The van der Waals surface area contributed by atoms with Crippen LogP contribution in [0.2, 0.25) is 0 Å². The van der Waals surface area contributed by atoms with E-state index < -0.39 is 11.9 Å². The second-order valence-corrected chi connectivity index (χ2v) is 5.26. The fraction of sp³-hybridized carbons (Fsp3) is 0.471. The molecule has 0 saturated carbocycles. The van der Waals surface area contributed by atoms with E-state index in [0.717, 1.165) is 11.1 Å². The molecule has 2 aliphatic rings. The van der Waals surface area contributed by atoms with Crippen molar-refractivity contribution in [2.24, 2.45) is 0 Å². The molecule has 0 aromatic rings. The number of hydrogen-bond donors (Lipinski definition) is 1. The maximum atomic E-state index is 12.4. The molecule has 0 radical (unpaired) electrons. The van der Waals surface area contributed by atoms with Crippen LogP contribution in [-0.2, 0) is 14.4 Å². The van der Waals surface area contributed by atoms with E-state index in [1.165, 1.54) is 11.0 Å². The fourth-order valence-corrected chi connectivity index (χ4v) is 2.55. The van der Waals surface area contributed by atoms with Gasteiger partial charge in [-0.05, 0) is 25.8 Å². The van der Waals surface area contributed by atoms with Gasteiger partial charge in [0.05, 0.1) is 0 Å². The van der Waals surface area contributed by atoms with Gasteiger partial charge in [-0.2, -0.15) is 0 Å². The maximum Gasteiger partial charge on any atom is 0.255 e. The number of imide groups is 1. The Morgan fingerprint density at radius 3 is 2.41 bits per heavy atom.